The van der Waals surface area contributed by atoms with Crippen molar-refractivity contribution < 1.29 is 27.1 Å². The molecular formula is C27H27BrF3N5O4. The molecule has 6 heterocycles. The Balaban J connectivity index is 0.000000148. The summed E-state index contributed by atoms with van der Waals surface area (Å²) in [7, 11) is 0. The Labute approximate surface area is 235 Å². The van der Waals surface area contributed by atoms with Crippen LogP contribution in [0.15, 0.2) is 50.2 Å². The maximum absolute atomic E-state index is 13.1. The number of fused-ring (bicyclic) bond motifs is 3. The molecule has 212 valence electrons. The van der Waals surface area contributed by atoms with Crippen molar-refractivity contribution in [3.05, 3.63) is 57.2 Å². The van der Waals surface area contributed by atoms with Crippen LogP contribution in [0.25, 0.3) is 22.1 Å². The summed E-state index contributed by atoms with van der Waals surface area (Å²) in [5.41, 5.74) is 1.45. The van der Waals surface area contributed by atoms with Gasteiger partial charge in [-0.15, -0.1) is 0 Å². The number of furan rings is 1. The molecule has 1 N–H and O–H groups in total. The molecule has 3 saturated heterocycles. The number of aromatic amines is 1. The Morgan fingerprint density at radius 3 is 2.58 bits per heavy atom. The van der Waals surface area contributed by atoms with Gasteiger partial charge in [-0.25, -0.2) is 9.97 Å². The van der Waals surface area contributed by atoms with Crippen molar-refractivity contribution in [2.45, 2.75) is 37.6 Å². The number of hydrogen-bond donors (Lipinski definition) is 1. The number of hydrogen-bond acceptors (Lipinski definition) is 8. The van der Waals surface area contributed by atoms with Crippen molar-refractivity contribution in [1.82, 2.24) is 15.0 Å². The van der Waals surface area contributed by atoms with Crippen LogP contribution >= 0.6 is 15.9 Å². The number of benzene rings is 1. The van der Waals surface area contributed by atoms with Crippen molar-refractivity contribution in [3.63, 3.8) is 0 Å². The molecule has 7 rings (SSSR count). The van der Waals surface area contributed by atoms with Crippen molar-refractivity contribution in [3.8, 4) is 0 Å². The molecule has 0 unspecified atom stereocenters. The summed E-state index contributed by atoms with van der Waals surface area (Å²) >= 11 is 3.39. The number of aromatic nitrogens is 3. The Kier molecular flexibility index (Phi) is 6.99. The second-order valence-electron chi connectivity index (χ2n) is 10.1. The third-order valence-corrected chi connectivity index (χ3v) is 8.12. The number of nitrogens with zero attached hydrogens (tertiary/aromatic N) is 4. The Hall–Kier alpha value is -3.16. The average molecular weight is 622 g/mol. The van der Waals surface area contributed by atoms with Gasteiger partial charge in [0, 0.05) is 35.7 Å². The lowest BCUT2D eigenvalue weighted by atomic mass is 9.90. The van der Waals surface area contributed by atoms with Gasteiger partial charge in [-0.3, -0.25) is 4.79 Å². The normalized spacial score (nSPS) is 20.6. The minimum Gasteiger partial charge on any atom is -0.450 e. The number of halogens is 4. The predicted molar refractivity (Wildman–Crippen MR) is 147 cm³/mol. The number of para-hydroxylation sites is 1. The van der Waals surface area contributed by atoms with Crippen LogP contribution in [0.3, 0.4) is 0 Å². The zero-order valence-electron chi connectivity index (χ0n) is 21.6. The molecule has 3 aliphatic rings. The molecule has 0 bridgehead atoms. The van der Waals surface area contributed by atoms with Crippen LogP contribution in [0.5, 0.6) is 0 Å². The van der Waals surface area contributed by atoms with Gasteiger partial charge in [-0.05, 0) is 53.9 Å². The van der Waals surface area contributed by atoms with Gasteiger partial charge in [-0.1, -0.05) is 12.1 Å². The summed E-state index contributed by atoms with van der Waals surface area (Å²) < 4.78 is 57.1. The highest BCUT2D eigenvalue weighted by Crippen LogP contribution is 2.37. The number of H-pyrrole nitrogens is 1. The van der Waals surface area contributed by atoms with E-state index in [1.54, 1.807) is 30.5 Å². The standard InChI is InChI=1S/C15H12F3N3O.C12H15BrN2O3/c16-15(17,18)14-19-11-9-5-1-2-6-10(9)22-12(11)13(20-14)21-7-3-4-8-21;1-8-12(6-17-7-12)18-3-2-15(8)10-4-9(13)5-14-11(10)16/h1-2,5-6H,3-4,7-8H2;4-5,8H,2-3,6-7H2,1H3,(H,14,16)/t;8-/m.0/s1. The highest BCUT2D eigenvalue weighted by Gasteiger charge is 2.50. The van der Waals surface area contributed by atoms with Crippen LogP contribution in [0.2, 0.25) is 0 Å². The molecule has 0 radical (unpaired) electrons. The van der Waals surface area contributed by atoms with E-state index in [-0.39, 0.29) is 28.5 Å². The first kappa shape index (κ1) is 27.0. The van der Waals surface area contributed by atoms with Crippen LogP contribution in [0, 0.1) is 0 Å². The monoisotopic (exact) mass is 621 g/mol. The van der Waals surface area contributed by atoms with Crippen molar-refractivity contribution in [1.29, 1.82) is 0 Å². The van der Waals surface area contributed by atoms with Gasteiger partial charge in [0.2, 0.25) is 5.82 Å². The Morgan fingerprint density at radius 1 is 1.12 bits per heavy atom. The molecule has 0 saturated carbocycles. The smallest absolute Gasteiger partial charge is 0.450 e. The number of pyridine rings is 1. The van der Waals surface area contributed by atoms with Crippen molar-refractivity contribution in [2.75, 3.05) is 49.3 Å². The third-order valence-electron chi connectivity index (χ3n) is 7.66. The lowest BCUT2D eigenvalue weighted by Gasteiger charge is -2.53. The maximum atomic E-state index is 13.1. The van der Waals surface area contributed by atoms with Crippen LogP contribution in [-0.2, 0) is 15.7 Å². The van der Waals surface area contributed by atoms with E-state index in [0.717, 1.165) is 23.9 Å². The van der Waals surface area contributed by atoms with E-state index in [0.29, 0.717) is 55.1 Å². The molecule has 9 nitrogen and oxygen atoms in total. The average Bonchev–Trinajstić information content (AvgIpc) is 3.57. The summed E-state index contributed by atoms with van der Waals surface area (Å²) in [4.78, 5) is 26.1. The molecule has 1 atom stereocenters. The first-order valence-electron chi connectivity index (χ1n) is 13.0. The van der Waals surface area contributed by atoms with Crippen molar-refractivity contribution >= 4 is 49.5 Å². The fraction of sp³-hybridized carbons (Fsp3) is 0.444. The lowest BCUT2D eigenvalue weighted by molar-refractivity contribution is -0.228. The molecule has 3 aliphatic heterocycles. The van der Waals surface area contributed by atoms with Crippen LogP contribution < -0.4 is 15.4 Å². The van der Waals surface area contributed by atoms with Gasteiger partial charge in [0.25, 0.3) is 5.56 Å². The minimum atomic E-state index is -4.58. The molecule has 13 heteroatoms. The fourth-order valence-corrected chi connectivity index (χ4v) is 5.74. The zero-order valence-corrected chi connectivity index (χ0v) is 23.2. The quantitative estimate of drug-likeness (QED) is 0.329. The summed E-state index contributed by atoms with van der Waals surface area (Å²) in [5.74, 6) is -0.875. The summed E-state index contributed by atoms with van der Waals surface area (Å²) in [6.07, 6.45) is -1.06. The van der Waals surface area contributed by atoms with Gasteiger partial charge in [-0.2, -0.15) is 13.2 Å². The second kappa shape index (κ2) is 10.3. The first-order chi connectivity index (χ1) is 19.2. The highest BCUT2D eigenvalue weighted by atomic mass is 79.9. The van der Waals surface area contributed by atoms with Crippen LogP contribution in [0.1, 0.15) is 25.6 Å². The Bertz CT molecular complexity index is 1600. The largest absolute Gasteiger partial charge is 0.451 e. The summed E-state index contributed by atoms with van der Waals surface area (Å²) in [6.45, 7) is 6.01. The van der Waals surface area contributed by atoms with Gasteiger partial charge in [0.15, 0.2) is 11.4 Å². The van der Waals surface area contributed by atoms with E-state index in [9.17, 15) is 18.0 Å². The number of alkyl halides is 3. The molecule has 40 heavy (non-hydrogen) atoms. The molecular weight excluding hydrogens is 595 g/mol. The topological polar surface area (TPSA) is 96.7 Å². The SMILES string of the molecule is C[C@@H]1N(c2cc(Br)c[nH]c2=O)CCOC12COC2.FC(F)(F)c1nc(N2CCCC2)c2oc3ccccc3c2n1. The van der Waals surface area contributed by atoms with E-state index in [1.165, 1.54) is 0 Å². The van der Waals surface area contributed by atoms with E-state index in [2.05, 4.69) is 42.7 Å². The summed E-state index contributed by atoms with van der Waals surface area (Å²) in [5, 5.41) is 0.575. The van der Waals surface area contributed by atoms with Crippen LogP contribution in [-0.4, -0.2) is 66.0 Å². The maximum Gasteiger partial charge on any atom is 0.451 e. The van der Waals surface area contributed by atoms with Gasteiger partial charge in [0.1, 0.15) is 22.4 Å². The second-order valence-corrected chi connectivity index (χ2v) is 11.1. The number of rotatable bonds is 2. The molecule has 3 fully saturated rings. The third kappa shape index (κ3) is 4.83. The number of morpholine rings is 1. The van der Waals surface area contributed by atoms with E-state index in [1.807, 2.05) is 11.0 Å². The first-order valence-corrected chi connectivity index (χ1v) is 13.8. The zero-order chi connectivity index (χ0) is 28.1. The Morgan fingerprint density at radius 2 is 1.88 bits per heavy atom. The molecule has 4 aromatic rings. The number of ether oxygens (including phenoxy) is 2. The van der Waals surface area contributed by atoms with Gasteiger partial charge >= 0.3 is 6.18 Å². The lowest BCUT2D eigenvalue weighted by Crippen LogP contribution is -2.68. The van der Waals surface area contributed by atoms with Gasteiger partial charge in [0.05, 0.1) is 25.9 Å². The number of anilines is 2. The molecule has 3 aromatic heterocycles. The minimum absolute atomic E-state index is 0.0673. The van der Waals surface area contributed by atoms with E-state index >= 15 is 0 Å². The molecule has 1 aromatic carbocycles. The predicted octanol–water partition coefficient (Wildman–Crippen LogP) is 5.13. The number of nitrogens with one attached hydrogen (secondary N) is 1. The van der Waals surface area contributed by atoms with Gasteiger partial charge < -0.3 is 28.7 Å². The van der Waals surface area contributed by atoms with Crippen LogP contribution in [0.4, 0.5) is 24.7 Å². The van der Waals surface area contributed by atoms with E-state index < -0.39 is 12.0 Å². The summed E-state index contributed by atoms with van der Waals surface area (Å²) in [6, 6.07) is 8.95. The molecule has 0 aliphatic carbocycles. The molecule has 0 amide bonds. The van der Waals surface area contributed by atoms with Crippen molar-refractivity contribution in [2.24, 2.45) is 0 Å². The van der Waals surface area contributed by atoms with E-state index in [4.69, 9.17) is 13.9 Å². The fourth-order valence-electron chi connectivity index (χ4n) is 5.41. The highest BCUT2D eigenvalue weighted by molar-refractivity contribution is 9.10. The molecule has 1 spiro atoms.